The van der Waals surface area contributed by atoms with E-state index in [2.05, 4.69) is 38.6 Å². The van der Waals surface area contributed by atoms with Crippen LogP contribution in [0.25, 0.3) is 6.08 Å². The van der Waals surface area contributed by atoms with E-state index in [4.69, 9.17) is 9.47 Å². The minimum absolute atomic E-state index is 0.102. The van der Waals surface area contributed by atoms with Crippen LogP contribution in [0, 0.1) is 10.8 Å². The molecule has 1 unspecified atom stereocenters. The number of alkyl carbamates (subject to hydrolysis) is 1. The third-order valence-electron chi connectivity index (χ3n) is 11.6. The number of ether oxygens (including phenoxy) is 2. The number of halogens is 1. The van der Waals surface area contributed by atoms with Crippen LogP contribution in [0.1, 0.15) is 95.2 Å². The van der Waals surface area contributed by atoms with Gasteiger partial charge >= 0.3 is 12.2 Å². The largest absolute Gasteiger partial charge is 0.449 e. The maximum absolute atomic E-state index is 14.6. The van der Waals surface area contributed by atoms with Gasteiger partial charge in [0.2, 0.25) is 21.8 Å². The standard InChI is InChI=1S/C40H54IN5O9S/c1-6-30(41-5)32(35(48)44-56(52,53)28-15-16-28)42-34(47)31-20-27-22-46(31)36(49)33(39(2,3)4)43-37(50)54-24-40(18-9-10-19-40)17-8-7-12-25-13-11-14-26-21-45(23-29(25)26)38(51)55-27/h6-7,11-14,27-28,30-33H,1,5,8-10,15-24H2,2-4H3,(H,42,47)(H,43,50)(H,44,48)/b12-7+/t27-,30+,31+,32?,33-/m1/s1. The molecule has 14 nitrogen and oxygen atoms in total. The number of hydrogen-bond acceptors (Lipinski definition) is 9. The van der Waals surface area contributed by atoms with E-state index in [1.807, 2.05) is 18.2 Å². The van der Waals surface area contributed by atoms with Crippen molar-refractivity contribution in [3.63, 3.8) is 0 Å². The topological polar surface area (TPSA) is 181 Å². The van der Waals surface area contributed by atoms with E-state index in [1.54, 1.807) is 25.7 Å². The summed E-state index contributed by atoms with van der Waals surface area (Å²) in [6.45, 7) is 9.87. The van der Waals surface area contributed by atoms with Gasteiger partial charge in [0, 0.05) is 18.4 Å². The van der Waals surface area contributed by atoms with Crippen molar-refractivity contribution in [2.45, 2.75) is 125 Å². The van der Waals surface area contributed by atoms with E-state index in [-0.39, 0.29) is 25.0 Å². The summed E-state index contributed by atoms with van der Waals surface area (Å²) in [5.41, 5.74) is 2.01. The molecule has 2 saturated carbocycles. The first-order valence-electron chi connectivity index (χ1n) is 19.4. The van der Waals surface area contributed by atoms with Crippen molar-refractivity contribution < 1.29 is 41.9 Å². The smallest absolute Gasteiger partial charge is 0.410 e. The van der Waals surface area contributed by atoms with E-state index < -0.39 is 99.5 Å². The van der Waals surface area contributed by atoms with Gasteiger partial charge in [-0.3, -0.25) is 24.0 Å². The number of fused-ring (bicyclic) bond motifs is 3. The summed E-state index contributed by atoms with van der Waals surface area (Å²) in [6, 6.07) is 2.25. The van der Waals surface area contributed by atoms with E-state index in [0.717, 1.165) is 55.2 Å². The van der Waals surface area contributed by atoms with Crippen LogP contribution >= 0.6 is 20.7 Å². The lowest BCUT2D eigenvalue weighted by atomic mass is 9.82. The lowest BCUT2D eigenvalue weighted by Gasteiger charge is -2.36. The van der Waals surface area contributed by atoms with Gasteiger partial charge in [0.1, 0.15) is 24.2 Å². The van der Waals surface area contributed by atoms with Gasteiger partial charge in [0.15, 0.2) is 0 Å². The van der Waals surface area contributed by atoms with E-state index in [1.165, 1.54) is 11.0 Å². The summed E-state index contributed by atoms with van der Waals surface area (Å²) >= 11 is -1.00. The number of amides is 5. The summed E-state index contributed by atoms with van der Waals surface area (Å²) < 4.78 is 42.8. The van der Waals surface area contributed by atoms with Gasteiger partial charge in [-0.25, -0.2) is 18.0 Å². The van der Waals surface area contributed by atoms with Crippen LogP contribution < -0.4 is 15.4 Å². The number of cyclic esters (lactones) is 1. The Morgan fingerprint density at radius 1 is 1.11 bits per heavy atom. The maximum Gasteiger partial charge on any atom is 0.410 e. The lowest BCUT2D eigenvalue weighted by Crippen LogP contribution is -2.60. The molecular formula is C40H54IN5O9S. The molecule has 1 aromatic rings. The van der Waals surface area contributed by atoms with Crippen LogP contribution in [0.5, 0.6) is 0 Å². The number of allylic oxidation sites excluding steroid dienone is 1. The van der Waals surface area contributed by atoms with Crippen molar-refractivity contribution in [1.82, 2.24) is 25.2 Å². The summed E-state index contributed by atoms with van der Waals surface area (Å²) in [5, 5.41) is 4.82. The summed E-state index contributed by atoms with van der Waals surface area (Å²) in [7, 11) is -3.94. The molecule has 3 fully saturated rings. The van der Waals surface area contributed by atoms with Gasteiger partial charge in [-0.05, 0) is 60.6 Å². The summed E-state index contributed by atoms with van der Waals surface area (Å²) in [6.07, 6.45) is 9.74. The molecule has 0 aromatic heterocycles. The van der Waals surface area contributed by atoms with Gasteiger partial charge in [0.05, 0.1) is 28.9 Å². The molecule has 1 spiro atoms. The molecule has 5 aliphatic rings. The van der Waals surface area contributed by atoms with Crippen molar-refractivity contribution in [2.24, 2.45) is 10.8 Å². The summed E-state index contributed by atoms with van der Waals surface area (Å²) in [5.74, 6) is -2.25. The summed E-state index contributed by atoms with van der Waals surface area (Å²) in [4.78, 5) is 72.5. The number of nitrogens with one attached hydrogen (secondary N) is 3. The highest BCUT2D eigenvalue weighted by molar-refractivity contribution is 14.2. The molecule has 306 valence electrons. The Kier molecular flexibility index (Phi) is 12.7. The van der Waals surface area contributed by atoms with Crippen LogP contribution in [0.15, 0.2) is 36.9 Å². The van der Waals surface area contributed by atoms with Gasteiger partial charge in [0.25, 0.3) is 5.91 Å². The third kappa shape index (κ3) is 9.48. The quantitative estimate of drug-likeness (QED) is 0.190. The highest BCUT2D eigenvalue weighted by Crippen LogP contribution is 2.43. The van der Waals surface area contributed by atoms with Gasteiger partial charge < -0.3 is 25.0 Å². The highest BCUT2D eigenvalue weighted by Gasteiger charge is 2.48. The van der Waals surface area contributed by atoms with Crippen molar-refractivity contribution >= 4 is 71.3 Å². The molecule has 6 rings (SSSR count). The number of benzene rings is 1. The van der Waals surface area contributed by atoms with Crippen LogP contribution in [-0.4, -0.2) is 99.2 Å². The predicted molar refractivity (Wildman–Crippen MR) is 220 cm³/mol. The van der Waals surface area contributed by atoms with Crippen molar-refractivity contribution in [2.75, 3.05) is 13.2 Å². The minimum Gasteiger partial charge on any atom is -0.449 e. The third-order valence-corrected chi connectivity index (χ3v) is 15.7. The molecule has 5 amide bonds. The number of rotatable bonds is 8. The average Bonchev–Trinajstić information content (AvgIpc) is 3.55. The molecule has 1 saturated heterocycles. The number of alkyl halides is 1. The second-order valence-electron chi connectivity index (χ2n) is 16.8. The first-order valence-corrected chi connectivity index (χ1v) is 23.7. The van der Waals surface area contributed by atoms with Crippen LogP contribution in [0.4, 0.5) is 9.59 Å². The zero-order chi connectivity index (χ0) is 40.4. The van der Waals surface area contributed by atoms with E-state index >= 15 is 0 Å². The monoisotopic (exact) mass is 907 g/mol. The SMILES string of the molecule is C=C[C@H](I=C)C(NC(=O)[C@@H]1C[C@@H]2CN1C(=O)[C@H](C(C)(C)C)NC(=O)OCC1(CC/C=C/c3cccc4c3CN(C4)C(=O)O2)CCCC1)C(=O)NS(=O)(=O)C1CC1. The molecule has 56 heavy (non-hydrogen) atoms. The molecule has 16 heteroatoms. The van der Waals surface area contributed by atoms with Gasteiger partial charge in [-0.2, -0.15) is 0 Å². The minimum atomic E-state index is -3.94. The normalized spacial score (nSPS) is 26.1. The molecule has 4 bridgehead atoms. The van der Waals surface area contributed by atoms with Gasteiger partial charge in [-0.15, -0.1) is 27.3 Å². The average molecular weight is 908 g/mol. The van der Waals surface area contributed by atoms with Crippen LogP contribution in [0.3, 0.4) is 0 Å². The molecule has 5 atom stereocenters. The molecule has 3 N–H and O–H groups in total. The maximum atomic E-state index is 14.6. The molecule has 3 heterocycles. The second-order valence-corrected chi connectivity index (χ2v) is 21.1. The Labute approximate surface area is 339 Å². The molecule has 2 aliphatic carbocycles. The Balaban J connectivity index is 1.30. The first kappa shape index (κ1) is 41.8. The Morgan fingerprint density at radius 2 is 1.84 bits per heavy atom. The fraction of sp³-hybridized carbons (Fsp3) is 0.600. The first-order chi connectivity index (χ1) is 26.5. The zero-order valence-electron chi connectivity index (χ0n) is 32.4. The lowest BCUT2D eigenvalue weighted by molar-refractivity contribution is -0.142. The second kappa shape index (κ2) is 17.0. The Bertz CT molecular complexity index is 1880. The number of carbonyl (C=O) groups is 5. The highest BCUT2D eigenvalue weighted by atomic mass is 127. The van der Waals surface area contributed by atoms with Crippen LogP contribution in [-0.2, 0) is 47.0 Å². The molecule has 3 aliphatic heterocycles. The number of sulfonamides is 1. The Morgan fingerprint density at radius 3 is 2.50 bits per heavy atom. The van der Waals surface area contributed by atoms with Crippen molar-refractivity contribution in [1.29, 1.82) is 0 Å². The van der Waals surface area contributed by atoms with E-state index in [9.17, 15) is 32.4 Å². The molecule has 1 aromatic carbocycles. The van der Waals surface area contributed by atoms with Crippen molar-refractivity contribution in [3.05, 3.63) is 53.6 Å². The van der Waals surface area contributed by atoms with Crippen molar-refractivity contribution in [3.8, 4) is 0 Å². The Hall–Kier alpha value is -3.80. The zero-order valence-corrected chi connectivity index (χ0v) is 35.4. The fourth-order valence-electron chi connectivity index (χ4n) is 8.20. The molecule has 0 radical (unpaired) electrons. The number of carbonyl (C=O) groups excluding carboxylic acids is 5. The number of hydrogen-bond donors (Lipinski definition) is 3. The molecular weight excluding hydrogens is 853 g/mol. The van der Waals surface area contributed by atoms with E-state index in [0.29, 0.717) is 25.9 Å². The van der Waals surface area contributed by atoms with Crippen LogP contribution in [0.2, 0.25) is 0 Å². The predicted octanol–water partition coefficient (Wildman–Crippen LogP) is 4.67. The fourth-order valence-corrected chi connectivity index (χ4v) is 10.9. The number of nitrogens with zero attached hydrogens (tertiary/aromatic N) is 2. The van der Waals surface area contributed by atoms with Gasteiger partial charge in [-0.1, -0.05) is 74.6 Å².